The summed E-state index contributed by atoms with van der Waals surface area (Å²) in [5, 5.41) is 21.6. The Morgan fingerprint density at radius 2 is 1.81 bits per heavy atom. The van der Waals surface area contributed by atoms with Gasteiger partial charge in [0.05, 0.1) is 6.10 Å². The van der Waals surface area contributed by atoms with Crippen molar-refractivity contribution in [2.24, 2.45) is 17.3 Å². The lowest BCUT2D eigenvalue weighted by atomic mass is 9.55. The number of benzene rings is 1. The SMILES string of the molecule is CCCN(C)C(=O)CCCCCCCCCS[C@@H]1Cc2cc(O)ccc2[C@H]2CC[C@]3(C)[C@@H](O)CC[C@H]3[C@@H]21. The predicted molar refractivity (Wildman–Crippen MR) is 155 cm³/mol. The largest absolute Gasteiger partial charge is 0.508 e. The van der Waals surface area contributed by atoms with Crippen LogP contribution >= 0.6 is 11.8 Å². The molecule has 4 nitrogen and oxygen atoms in total. The highest BCUT2D eigenvalue weighted by atomic mass is 32.2. The molecule has 2 saturated carbocycles. The number of aliphatic hydroxyl groups excluding tert-OH is 1. The van der Waals surface area contributed by atoms with Gasteiger partial charge in [-0.25, -0.2) is 0 Å². The Morgan fingerprint density at radius 1 is 1.08 bits per heavy atom. The number of amides is 1. The van der Waals surface area contributed by atoms with E-state index in [-0.39, 0.29) is 11.5 Å². The molecule has 0 aromatic heterocycles. The number of fused-ring (bicyclic) bond motifs is 5. The van der Waals surface area contributed by atoms with Gasteiger partial charge in [0, 0.05) is 25.3 Å². The van der Waals surface area contributed by atoms with Crippen LogP contribution in [0.5, 0.6) is 5.75 Å². The number of hydrogen-bond acceptors (Lipinski definition) is 4. The Bertz CT molecular complexity index is 891. The van der Waals surface area contributed by atoms with Crippen LogP contribution in [-0.2, 0) is 11.2 Å². The van der Waals surface area contributed by atoms with E-state index in [2.05, 4.69) is 31.7 Å². The number of aliphatic hydroxyl groups is 1. The number of carbonyl (C=O) groups excluding carboxylic acids is 1. The number of thioether (sulfide) groups is 1. The third-order valence-corrected chi connectivity index (χ3v) is 11.4. The number of carbonyl (C=O) groups is 1. The molecule has 6 atom stereocenters. The normalized spacial score (nSPS) is 30.4. The minimum absolute atomic E-state index is 0.0877. The highest BCUT2D eigenvalue weighted by molar-refractivity contribution is 7.99. The predicted octanol–water partition coefficient (Wildman–Crippen LogP) is 7.31. The minimum Gasteiger partial charge on any atom is -0.508 e. The van der Waals surface area contributed by atoms with Gasteiger partial charge in [0.25, 0.3) is 0 Å². The first-order valence-electron chi connectivity index (χ1n) is 15.2. The van der Waals surface area contributed by atoms with Gasteiger partial charge in [-0.15, -0.1) is 0 Å². The molecule has 5 heteroatoms. The molecule has 0 radical (unpaired) electrons. The zero-order chi connectivity index (χ0) is 26.4. The van der Waals surface area contributed by atoms with E-state index in [0.717, 1.165) is 38.6 Å². The van der Waals surface area contributed by atoms with Crippen molar-refractivity contribution in [1.29, 1.82) is 0 Å². The summed E-state index contributed by atoms with van der Waals surface area (Å²) in [5.41, 5.74) is 2.92. The van der Waals surface area contributed by atoms with E-state index < -0.39 is 0 Å². The van der Waals surface area contributed by atoms with Gasteiger partial charge in [0.2, 0.25) is 5.91 Å². The summed E-state index contributed by atoms with van der Waals surface area (Å²) in [6, 6.07) is 6.09. The second kappa shape index (κ2) is 13.2. The molecule has 0 aliphatic heterocycles. The summed E-state index contributed by atoms with van der Waals surface area (Å²) >= 11 is 2.18. The summed E-state index contributed by atoms with van der Waals surface area (Å²) in [7, 11) is 1.92. The zero-order valence-electron chi connectivity index (χ0n) is 23.6. The van der Waals surface area contributed by atoms with Gasteiger partial charge in [-0.3, -0.25) is 4.79 Å². The Balaban J connectivity index is 1.21. The Morgan fingerprint density at radius 3 is 2.57 bits per heavy atom. The molecule has 3 aliphatic rings. The van der Waals surface area contributed by atoms with Gasteiger partial charge in [-0.05, 0) is 104 Å². The summed E-state index contributed by atoms with van der Waals surface area (Å²) in [6.45, 7) is 5.35. The van der Waals surface area contributed by atoms with Crippen molar-refractivity contribution >= 4 is 17.7 Å². The number of phenolic OH excluding ortho intramolecular Hbond substituents is 1. The number of hydrogen-bond donors (Lipinski definition) is 2. The molecule has 1 amide bonds. The number of nitrogens with zero attached hydrogens (tertiary/aromatic N) is 1. The average Bonchev–Trinajstić information content (AvgIpc) is 3.18. The van der Waals surface area contributed by atoms with Crippen molar-refractivity contribution < 1.29 is 15.0 Å². The van der Waals surface area contributed by atoms with Crippen LogP contribution in [0.15, 0.2) is 18.2 Å². The van der Waals surface area contributed by atoms with Crippen LogP contribution in [-0.4, -0.2) is 51.7 Å². The molecule has 2 N–H and O–H groups in total. The first-order chi connectivity index (χ1) is 17.8. The van der Waals surface area contributed by atoms with Crippen molar-refractivity contribution in [1.82, 2.24) is 4.90 Å². The van der Waals surface area contributed by atoms with Crippen LogP contribution in [0.1, 0.15) is 114 Å². The molecule has 0 spiro atoms. The zero-order valence-corrected chi connectivity index (χ0v) is 24.4. The maximum Gasteiger partial charge on any atom is 0.222 e. The second-order valence-corrected chi connectivity index (χ2v) is 13.8. The number of aromatic hydroxyl groups is 1. The molecule has 3 aliphatic carbocycles. The second-order valence-electron chi connectivity index (χ2n) is 12.5. The fraction of sp³-hybridized carbons (Fsp3) is 0.781. The summed E-state index contributed by atoms with van der Waals surface area (Å²) < 4.78 is 0. The van der Waals surface area contributed by atoms with Crippen molar-refractivity contribution in [2.45, 2.75) is 121 Å². The van der Waals surface area contributed by atoms with Crippen LogP contribution in [0.2, 0.25) is 0 Å². The molecule has 0 saturated heterocycles. The van der Waals surface area contributed by atoms with E-state index >= 15 is 0 Å². The molecule has 0 bridgehead atoms. The van der Waals surface area contributed by atoms with Gasteiger partial charge in [-0.1, -0.05) is 52.0 Å². The fourth-order valence-corrected chi connectivity index (χ4v) is 9.42. The molecule has 37 heavy (non-hydrogen) atoms. The third-order valence-electron chi connectivity index (χ3n) is 10.0. The topological polar surface area (TPSA) is 60.8 Å². The molecule has 1 aromatic rings. The number of rotatable bonds is 13. The summed E-state index contributed by atoms with van der Waals surface area (Å²) in [6.07, 6.45) is 15.7. The maximum atomic E-state index is 12.0. The fourth-order valence-electron chi connectivity index (χ4n) is 7.85. The summed E-state index contributed by atoms with van der Waals surface area (Å²) in [5.74, 6) is 3.76. The molecule has 208 valence electrons. The monoisotopic (exact) mass is 529 g/mol. The van der Waals surface area contributed by atoms with E-state index in [1.54, 1.807) is 0 Å². The molecule has 0 unspecified atom stereocenters. The van der Waals surface area contributed by atoms with Crippen molar-refractivity contribution in [3.05, 3.63) is 29.3 Å². The van der Waals surface area contributed by atoms with Gasteiger partial charge in [-0.2, -0.15) is 11.8 Å². The lowest BCUT2D eigenvalue weighted by Gasteiger charge is -2.52. The van der Waals surface area contributed by atoms with Crippen molar-refractivity contribution in [3.63, 3.8) is 0 Å². The third kappa shape index (κ3) is 6.69. The Hall–Kier alpha value is -1.20. The molecule has 0 heterocycles. The summed E-state index contributed by atoms with van der Waals surface area (Å²) in [4.78, 5) is 13.9. The molecule has 2 fully saturated rings. The smallest absolute Gasteiger partial charge is 0.222 e. The molecular formula is C32H51NO3S. The quantitative estimate of drug-likeness (QED) is 0.263. The van der Waals surface area contributed by atoms with Crippen LogP contribution in [0, 0.1) is 17.3 Å². The standard InChI is InChI=1S/C32H51NO3S/c1-4-19-33(3)30(36)12-10-8-6-5-7-9-11-20-37-28-22-23-21-24(34)13-14-25(23)26-17-18-32(2)27(31(26)28)15-16-29(32)35/h13-14,21,26-29,31,34-35H,4-12,15-20,22H2,1-3H3/t26-,27+,28-,29+,31-,32+/m1/s1. The van der Waals surface area contributed by atoms with Gasteiger partial charge in [0.1, 0.15) is 5.75 Å². The van der Waals surface area contributed by atoms with Crippen LogP contribution in [0.25, 0.3) is 0 Å². The molecule has 4 rings (SSSR count). The maximum absolute atomic E-state index is 12.0. The Labute approximate surface area is 230 Å². The Kier molecular flexibility index (Phi) is 10.3. The van der Waals surface area contributed by atoms with Crippen molar-refractivity contribution in [2.75, 3.05) is 19.3 Å². The van der Waals surface area contributed by atoms with E-state index in [9.17, 15) is 15.0 Å². The van der Waals surface area contributed by atoms with E-state index in [4.69, 9.17) is 0 Å². The van der Waals surface area contributed by atoms with Crippen LogP contribution in [0.3, 0.4) is 0 Å². The van der Waals surface area contributed by atoms with E-state index in [1.165, 1.54) is 68.2 Å². The van der Waals surface area contributed by atoms with Gasteiger partial charge >= 0.3 is 0 Å². The van der Waals surface area contributed by atoms with E-state index in [0.29, 0.717) is 41.1 Å². The van der Waals surface area contributed by atoms with Gasteiger partial charge in [0.15, 0.2) is 0 Å². The lowest BCUT2D eigenvalue weighted by Crippen LogP contribution is -2.48. The molecular weight excluding hydrogens is 478 g/mol. The van der Waals surface area contributed by atoms with Crippen LogP contribution in [0.4, 0.5) is 0 Å². The first-order valence-corrected chi connectivity index (χ1v) is 16.3. The van der Waals surface area contributed by atoms with E-state index in [1.807, 2.05) is 24.1 Å². The highest BCUT2D eigenvalue weighted by Crippen LogP contribution is 2.62. The van der Waals surface area contributed by atoms with Crippen molar-refractivity contribution in [3.8, 4) is 5.75 Å². The average molecular weight is 530 g/mol. The minimum atomic E-state index is -0.138. The van der Waals surface area contributed by atoms with Gasteiger partial charge < -0.3 is 15.1 Å². The first kappa shape index (κ1) is 28.8. The highest BCUT2D eigenvalue weighted by Gasteiger charge is 2.56. The number of unbranched alkanes of at least 4 members (excludes halogenated alkanes) is 6. The van der Waals surface area contributed by atoms with Crippen LogP contribution < -0.4 is 0 Å². The lowest BCUT2D eigenvalue weighted by molar-refractivity contribution is -0.130. The number of phenols is 1. The molecule has 1 aromatic carbocycles.